The van der Waals surface area contributed by atoms with Crippen molar-refractivity contribution in [1.29, 1.82) is 0 Å². The Morgan fingerprint density at radius 2 is 2.20 bits per heavy atom. The minimum Gasteiger partial charge on any atom is -0.465 e. The Bertz CT molecular complexity index is 347. The Morgan fingerprint density at radius 3 is 2.73 bits per heavy atom. The van der Waals surface area contributed by atoms with Crippen LogP contribution in [-0.2, 0) is 17.6 Å². The number of hydrogen-bond donors (Lipinski definition) is 0. The maximum Gasteiger partial charge on any atom is 0.339 e. The largest absolute Gasteiger partial charge is 0.465 e. The lowest BCUT2D eigenvalue weighted by Gasteiger charge is -2.07. The van der Waals surface area contributed by atoms with Crippen LogP contribution >= 0.6 is 0 Å². The molecule has 0 radical (unpaired) electrons. The normalized spacial score (nSPS) is 10.1. The summed E-state index contributed by atoms with van der Waals surface area (Å²) in [6.45, 7) is 4.19. The first-order chi connectivity index (χ1) is 7.22. The van der Waals surface area contributed by atoms with Gasteiger partial charge in [0.25, 0.3) is 0 Å². The standard InChI is InChI=1S/C12H17NO2/c1-4-6-11-9(5-2)7-10(8-13-11)12(14)15-3/h7-8H,4-6H2,1-3H3. The topological polar surface area (TPSA) is 39.2 Å². The molecule has 82 valence electrons. The fraction of sp³-hybridized carbons (Fsp3) is 0.500. The number of carbonyl (C=O) groups excluding carboxylic acids is 1. The molecular weight excluding hydrogens is 190 g/mol. The molecule has 0 aliphatic rings. The molecule has 0 unspecified atom stereocenters. The van der Waals surface area contributed by atoms with Crippen LogP contribution in [0.1, 0.15) is 41.9 Å². The van der Waals surface area contributed by atoms with Gasteiger partial charge in [0.2, 0.25) is 0 Å². The van der Waals surface area contributed by atoms with Crippen LogP contribution in [0.2, 0.25) is 0 Å². The summed E-state index contributed by atoms with van der Waals surface area (Å²) in [5, 5.41) is 0. The van der Waals surface area contributed by atoms with Crippen LogP contribution in [0.25, 0.3) is 0 Å². The second-order valence-corrected chi connectivity index (χ2v) is 3.42. The molecular formula is C12H17NO2. The van der Waals surface area contributed by atoms with Crippen molar-refractivity contribution in [3.05, 3.63) is 29.1 Å². The Labute approximate surface area is 90.5 Å². The average Bonchev–Trinajstić information content (AvgIpc) is 2.29. The van der Waals surface area contributed by atoms with Crippen molar-refractivity contribution in [3.63, 3.8) is 0 Å². The van der Waals surface area contributed by atoms with E-state index in [0.717, 1.165) is 30.5 Å². The molecule has 0 saturated heterocycles. The van der Waals surface area contributed by atoms with Gasteiger partial charge in [0.1, 0.15) is 0 Å². The summed E-state index contributed by atoms with van der Waals surface area (Å²) in [4.78, 5) is 15.6. The molecule has 0 amide bonds. The second-order valence-electron chi connectivity index (χ2n) is 3.42. The maximum absolute atomic E-state index is 11.3. The van der Waals surface area contributed by atoms with Crippen molar-refractivity contribution in [2.45, 2.75) is 33.1 Å². The fourth-order valence-corrected chi connectivity index (χ4v) is 1.54. The first-order valence-electron chi connectivity index (χ1n) is 5.29. The molecule has 1 heterocycles. The van der Waals surface area contributed by atoms with Gasteiger partial charge in [0, 0.05) is 11.9 Å². The van der Waals surface area contributed by atoms with Crippen molar-refractivity contribution in [3.8, 4) is 0 Å². The molecule has 0 aromatic carbocycles. The van der Waals surface area contributed by atoms with E-state index in [4.69, 9.17) is 0 Å². The van der Waals surface area contributed by atoms with Crippen molar-refractivity contribution in [1.82, 2.24) is 4.98 Å². The number of carbonyl (C=O) groups is 1. The molecule has 0 spiro atoms. The van der Waals surface area contributed by atoms with E-state index in [9.17, 15) is 4.79 Å². The number of rotatable bonds is 4. The molecule has 0 bridgehead atoms. The Balaban J connectivity index is 3.01. The first kappa shape index (κ1) is 11.7. The molecule has 15 heavy (non-hydrogen) atoms. The average molecular weight is 207 g/mol. The molecule has 0 saturated carbocycles. The summed E-state index contributed by atoms with van der Waals surface area (Å²) in [7, 11) is 1.38. The summed E-state index contributed by atoms with van der Waals surface area (Å²) >= 11 is 0. The van der Waals surface area contributed by atoms with E-state index in [1.165, 1.54) is 7.11 Å². The number of pyridine rings is 1. The third-order valence-electron chi connectivity index (χ3n) is 2.35. The molecule has 0 N–H and O–H groups in total. The highest BCUT2D eigenvalue weighted by molar-refractivity contribution is 5.89. The lowest BCUT2D eigenvalue weighted by molar-refractivity contribution is 0.0600. The van der Waals surface area contributed by atoms with Crippen LogP contribution in [0.15, 0.2) is 12.3 Å². The number of aryl methyl sites for hydroxylation is 2. The number of aromatic nitrogens is 1. The minimum atomic E-state index is -0.319. The zero-order valence-corrected chi connectivity index (χ0v) is 9.54. The van der Waals surface area contributed by atoms with E-state index in [2.05, 4.69) is 23.6 Å². The number of esters is 1. The highest BCUT2D eigenvalue weighted by atomic mass is 16.5. The van der Waals surface area contributed by atoms with Crippen molar-refractivity contribution < 1.29 is 9.53 Å². The van der Waals surface area contributed by atoms with Gasteiger partial charge in [-0.1, -0.05) is 20.3 Å². The molecule has 1 rings (SSSR count). The van der Waals surface area contributed by atoms with E-state index in [1.54, 1.807) is 6.20 Å². The van der Waals surface area contributed by atoms with E-state index in [-0.39, 0.29) is 5.97 Å². The van der Waals surface area contributed by atoms with Crippen molar-refractivity contribution in [2.75, 3.05) is 7.11 Å². The molecule has 0 aliphatic carbocycles. The van der Waals surface area contributed by atoms with Crippen LogP contribution in [0.3, 0.4) is 0 Å². The van der Waals surface area contributed by atoms with Gasteiger partial charge in [-0.15, -0.1) is 0 Å². The SMILES string of the molecule is CCCc1ncc(C(=O)OC)cc1CC. The molecule has 0 aliphatic heterocycles. The number of nitrogens with zero attached hydrogens (tertiary/aromatic N) is 1. The molecule has 3 nitrogen and oxygen atoms in total. The maximum atomic E-state index is 11.3. The summed E-state index contributed by atoms with van der Waals surface area (Å²) in [5.74, 6) is -0.319. The zero-order chi connectivity index (χ0) is 11.3. The Kier molecular flexibility index (Phi) is 4.28. The molecule has 1 aromatic heterocycles. The van der Waals surface area contributed by atoms with Crippen molar-refractivity contribution in [2.24, 2.45) is 0 Å². The Morgan fingerprint density at radius 1 is 1.47 bits per heavy atom. The first-order valence-corrected chi connectivity index (χ1v) is 5.29. The van der Waals surface area contributed by atoms with Crippen LogP contribution in [0, 0.1) is 0 Å². The second kappa shape index (κ2) is 5.49. The zero-order valence-electron chi connectivity index (χ0n) is 9.54. The molecule has 1 aromatic rings. The molecule has 0 fully saturated rings. The lowest BCUT2D eigenvalue weighted by Crippen LogP contribution is -2.05. The van der Waals surface area contributed by atoms with Gasteiger partial charge in [0.05, 0.1) is 12.7 Å². The highest BCUT2D eigenvalue weighted by Crippen LogP contribution is 2.12. The highest BCUT2D eigenvalue weighted by Gasteiger charge is 2.09. The van der Waals surface area contributed by atoms with Gasteiger partial charge >= 0.3 is 5.97 Å². The van der Waals surface area contributed by atoms with Crippen LogP contribution < -0.4 is 0 Å². The van der Waals surface area contributed by atoms with Gasteiger partial charge in [0.15, 0.2) is 0 Å². The fourth-order valence-electron chi connectivity index (χ4n) is 1.54. The van der Waals surface area contributed by atoms with E-state index >= 15 is 0 Å². The predicted octanol–water partition coefficient (Wildman–Crippen LogP) is 2.38. The monoisotopic (exact) mass is 207 g/mol. The van der Waals surface area contributed by atoms with Crippen LogP contribution in [0.5, 0.6) is 0 Å². The van der Waals surface area contributed by atoms with Crippen molar-refractivity contribution >= 4 is 5.97 Å². The van der Waals surface area contributed by atoms with Crippen LogP contribution in [-0.4, -0.2) is 18.1 Å². The van der Waals surface area contributed by atoms with Gasteiger partial charge in [-0.05, 0) is 24.5 Å². The van der Waals surface area contributed by atoms with Gasteiger partial charge < -0.3 is 4.74 Å². The van der Waals surface area contributed by atoms with Gasteiger partial charge in [-0.2, -0.15) is 0 Å². The van der Waals surface area contributed by atoms with E-state index < -0.39 is 0 Å². The third-order valence-corrected chi connectivity index (χ3v) is 2.35. The third kappa shape index (κ3) is 2.78. The van der Waals surface area contributed by atoms with E-state index in [0.29, 0.717) is 5.56 Å². The summed E-state index contributed by atoms with van der Waals surface area (Å²) < 4.78 is 4.66. The smallest absolute Gasteiger partial charge is 0.339 e. The predicted molar refractivity (Wildman–Crippen MR) is 58.9 cm³/mol. The van der Waals surface area contributed by atoms with E-state index in [1.807, 2.05) is 6.07 Å². The Hall–Kier alpha value is -1.38. The molecule has 0 atom stereocenters. The lowest BCUT2D eigenvalue weighted by atomic mass is 10.1. The van der Waals surface area contributed by atoms with Gasteiger partial charge in [-0.3, -0.25) is 4.98 Å². The quantitative estimate of drug-likeness (QED) is 0.711. The summed E-state index contributed by atoms with van der Waals surface area (Å²) in [6.07, 6.45) is 4.52. The minimum absolute atomic E-state index is 0.319. The van der Waals surface area contributed by atoms with Gasteiger partial charge in [-0.25, -0.2) is 4.79 Å². The molecule has 3 heteroatoms. The number of hydrogen-bond acceptors (Lipinski definition) is 3. The number of methoxy groups -OCH3 is 1. The van der Waals surface area contributed by atoms with Crippen LogP contribution in [0.4, 0.5) is 0 Å². The summed E-state index contributed by atoms with van der Waals surface area (Å²) in [6, 6.07) is 1.88. The number of ether oxygens (including phenoxy) is 1. The summed E-state index contributed by atoms with van der Waals surface area (Å²) in [5.41, 5.74) is 2.77.